The third-order valence-electron chi connectivity index (χ3n) is 8.08. The third-order valence-corrected chi connectivity index (χ3v) is 8.08. The summed E-state index contributed by atoms with van der Waals surface area (Å²) in [6.45, 7) is 1.68. The quantitative estimate of drug-likeness (QED) is 0.158. The van der Waals surface area contributed by atoms with Crippen LogP contribution < -0.4 is 21.1 Å². The SMILES string of the molecule is COCCOc1ccc(-c2ccc(C[C@H](NC(=O)C3CCC(CN)CC3)C(=O)Nc3ccc(-c4nn[nH]n4)cc3)cc2)cc1.Cl. The van der Waals surface area contributed by atoms with Gasteiger partial charge in [-0.1, -0.05) is 36.4 Å². The molecule has 11 nitrogen and oxygen atoms in total. The number of H-pyrrole nitrogens is 1. The first kappa shape index (κ1) is 33.6. The third kappa shape index (κ3) is 9.34. The van der Waals surface area contributed by atoms with Crippen molar-refractivity contribution in [1.82, 2.24) is 25.9 Å². The number of aromatic nitrogens is 4. The predicted octanol–water partition coefficient (Wildman–Crippen LogP) is 4.41. The minimum Gasteiger partial charge on any atom is -0.491 e. The molecule has 5 N–H and O–H groups in total. The standard InChI is InChI=1S/C33H39N7O4.ClH/c1-43-18-19-44-29-16-12-25(13-17-29)24-6-2-22(3-7-24)20-30(36-32(41)27-8-4-23(21-34)5-9-27)33(42)35-28-14-10-26(11-15-28)31-37-39-40-38-31;/h2-3,6-7,10-17,23,27,30H,4-5,8-9,18-21,34H2,1H3,(H,35,42)(H,36,41)(H,37,38,39,40);1H/t23?,27?,30-;/m0./s1. The van der Waals surface area contributed by atoms with Crippen LogP contribution in [0.5, 0.6) is 5.75 Å². The van der Waals surface area contributed by atoms with Crippen molar-refractivity contribution in [2.75, 3.05) is 32.2 Å². The van der Waals surface area contributed by atoms with E-state index >= 15 is 0 Å². The Labute approximate surface area is 269 Å². The summed E-state index contributed by atoms with van der Waals surface area (Å²) in [5, 5.41) is 20.0. The van der Waals surface area contributed by atoms with Crippen molar-refractivity contribution < 1.29 is 19.1 Å². The number of rotatable bonds is 13. The zero-order chi connectivity index (χ0) is 30.7. The van der Waals surface area contributed by atoms with Gasteiger partial charge in [-0.3, -0.25) is 9.59 Å². The van der Waals surface area contributed by atoms with Crippen LogP contribution in [0.1, 0.15) is 31.2 Å². The Hall–Kier alpha value is -4.32. The van der Waals surface area contributed by atoms with Gasteiger partial charge in [0.25, 0.3) is 0 Å². The molecule has 0 bridgehead atoms. The predicted molar refractivity (Wildman–Crippen MR) is 175 cm³/mol. The van der Waals surface area contributed by atoms with Crippen LogP contribution in [0.2, 0.25) is 0 Å². The first-order valence-electron chi connectivity index (χ1n) is 15.0. The number of halogens is 1. The molecule has 0 radical (unpaired) electrons. The molecule has 0 aliphatic heterocycles. The lowest BCUT2D eigenvalue weighted by Crippen LogP contribution is -2.48. The topological polar surface area (TPSA) is 157 Å². The van der Waals surface area contributed by atoms with Gasteiger partial charge in [0.2, 0.25) is 17.6 Å². The maximum Gasteiger partial charge on any atom is 0.247 e. The summed E-state index contributed by atoms with van der Waals surface area (Å²) in [5.74, 6) is 1.23. The van der Waals surface area contributed by atoms with E-state index < -0.39 is 6.04 Å². The number of amides is 2. The first-order chi connectivity index (χ1) is 21.5. The zero-order valence-electron chi connectivity index (χ0n) is 25.3. The largest absolute Gasteiger partial charge is 0.491 e. The van der Waals surface area contributed by atoms with Gasteiger partial charge in [-0.15, -0.1) is 22.6 Å². The monoisotopic (exact) mass is 633 g/mol. The van der Waals surface area contributed by atoms with Crippen LogP contribution in [-0.4, -0.2) is 65.3 Å². The Morgan fingerprint density at radius 2 is 1.56 bits per heavy atom. The van der Waals surface area contributed by atoms with E-state index in [0.717, 1.165) is 53.7 Å². The van der Waals surface area contributed by atoms with Gasteiger partial charge < -0.3 is 25.8 Å². The number of carbonyl (C=O) groups is 2. The molecular weight excluding hydrogens is 594 g/mol. The molecule has 1 atom stereocenters. The van der Waals surface area contributed by atoms with Gasteiger partial charge >= 0.3 is 0 Å². The van der Waals surface area contributed by atoms with E-state index in [2.05, 4.69) is 31.3 Å². The molecule has 1 fully saturated rings. The summed E-state index contributed by atoms with van der Waals surface area (Å²) in [7, 11) is 1.64. The number of anilines is 1. The molecule has 3 aromatic carbocycles. The van der Waals surface area contributed by atoms with Gasteiger partial charge in [0, 0.05) is 30.7 Å². The molecule has 0 unspecified atom stereocenters. The molecule has 1 heterocycles. The summed E-state index contributed by atoms with van der Waals surface area (Å²) in [6.07, 6.45) is 3.78. The smallest absolute Gasteiger partial charge is 0.247 e. The number of nitrogens with zero attached hydrogens (tertiary/aromatic N) is 3. The molecule has 0 spiro atoms. The highest BCUT2D eigenvalue weighted by Gasteiger charge is 2.29. The maximum absolute atomic E-state index is 13.6. The zero-order valence-corrected chi connectivity index (χ0v) is 26.1. The lowest BCUT2D eigenvalue weighted by atomic mass is 9.81. The highest BCUT2D eigenvalue weighted by atomic mass is 35.5. The normalized spacial score (nSPS) is 16.7. The van der Waals surface area contributed by atoms with Crippen LogP contribution in [0.3, 0.4) is 0 Å². The minimum absolute atomic E-state index is 0. The number of aromatic amines is 1. The van der Waals surface area contributed by atoms with Crippen molar-refractivity contribution in [3.8, 4) is 28.3 Å². The molecule has 1 aromatic heterocycles. The van der Waals surface area contributed by atoms with E-state index in [1.807, 2.05) is 48.5 Å². The summed E-state index contributed by atoms with van der Waals surface area (Å²) >= 11 is 0. The molecule has 1 saturated carbocycles. The summed E-state index contributed by atoms with van der Waals surface area (Å²) in [6, 6.07) is 22.4. The molecule has 0 saturated heterocycles. The van der Waals surface area contributed by atoms with Crippen molar-refractivity contribution in [1.29, 1.82) is 0 Å². The number of tetrazole rings is 1. The lowest BCUT2D eigenvalue weighted by Gasteiger charge is -2.28. The summed E-state index contributed by atoms with van der Waals surface area (Å²) in [4.78, 5) is 26.9. The van der Waals surface area contributed by atoms with Gasteiger partial charge in [-0.2, -0.15) is 5.21 Å². The van der Waals surface area contributed by atoms with Crippen LogP contribution in [0.15, 0.2) is 72.8 Å². The van der Waals surface area contributed by atoms with Crippen molar-refractivity contribution in [3.63, 3.8) is 0 Å². The highest BCUT2D eigenvalue weighted by Crippen LogP contribution is 2.29. The highest BCUT2D eigenvalue weighted by molar-refractivity contribution is 5.97. The Kier molecular flexibility index (Phi) is 12.4. The lowest BCUT2D eigenvalue weighted by molar-refractivity contribution is -0.130. The average Bonchev–Trinajstić information content (AvgIpc) is 3.61. The van der Waals surface area contributed by atoms with Crippen LogP contribution >= 0.6 is 12.4 Å². The fraction of sp³-hybridized carbons (Fsp3) is 0.364. The van der Waals surface area contributed by atoms with Crippen molar-refractivity contribution in [3.05, 3.63) is 78.4 Å². The second-order valence-corrected chi connectivity index (χ2v) is 11.1. The number of hydrogen-bond donors (Lipinski definition) is 4. The number of benzene rings is 3. The van der Waals surface area contributed by atoms with Crippen molar-refractivity contribution in [2.45, 2.75) is 38.1 Å². The van der Waals surface area contributed by atoms with Gasteiger partial charge in [0.05, 0.1) is 6.61 Å². The maximum atomic E-state index is 13.6. The Morgan fingerprint density at radius 3 is 2.16 bits per heavy atom. The molecule has 5 rings (SSSR count). The molecule has 45 heavy (non-hydrogen) atoms. The van der Waals surface area contributed by atoms with Crippen LogP contribution in [0.25, 0.3) is 22.5 Å². The Bertz CT molecular complexity index is 1480. The fourth-order valence-corrected chi connectivity index (χ4v) is 5.43. The van der Waals surface area contributed by atoms with E-state index in [-0.39, 0.29) is 30.1 Å². The number of nitrogens with one attached hydrogen (secondary N) is 3. The Balaban J connectivity index is 0.00000461. The number of carbonyl (C=O) groups excluding carboxylic acids is 2. The number of nitrogens with two attached hydrogens (primary N) is 1. The van der Waals surface area contributed by atoms with Crippen LogP contribution in [0.4, 0.5) is 5.69 Å². The first-order valence-corrected chi connectivity index (χ1v) is 15.0. The van der Waals surface area contributed by atoms with Crippen molar-refractivity contribution in [2.24, 2.45) is 17.6 Å². The number of methoxy groups -OCH3 is 1. The molecule has 4 aromatic rings. The number of hydrogen-bond acceptors (Lipinski definition) is 8. The van der Waals surface area contributed by atoms with Gasteiger partial charge in [-0.25, -0.2) is 0 Å². The molecule has 1 aliphatic rings. The minimum atomic E-state index is -0.749. The molecule has 2 amide bonds. The van der Waals surface area contributed by atoms with E-state index in [1.54, 1.807) is 31.4 Å². The van der Waals surface area contributed by atoms with Crippen molar-refractivity contribution >= 4 is 29.9 Å². The van der Waals surface area contributed by atoms with E-state index in [1.165, 1.54) is 0 Å². The molecule has 1 aliphatic carbocycles. The van der Waals surface area contributed by atoms with E-state index in [4.69, 9.17) is 15.2 Å². The second kappa shape index (κ2) is 16.7. The van der Waals surface area contributed by atoms with E-state index in [0.29, 0.717) is 43.6 Å². The summed E-state index contributed by atoms with van der Waals surface area (Å²) < 4.78 is 10.7. The second-order valence-electron chi connectivity index (χ2n) is 11.1. The van der Waals surface area contributed by atoms with Crippen LogP contribution in [-0.2, 0) is 20.7 Å². The van der Waals surface area contributed by atoms with Gasteiger partial charge in [0.1, 0.15) is 18.4 Å². The summed E-state index contributed by atoms with van der Waals surface area (Å²) in [5.41, 5.74) is 10.2. The van der Waals surface area contributed by atoms with Gasteiger partial charge in [-0.05, 0) is 96.4 Å². The van der Waals surface area contributed by atoms with Crippen LogP contribution in [0, 0.1) is 11.8 Å². The Morgan fingerprint density at radius 1 is 0.911 bits per heavy atom. The average molecular weight is 634 g/mol. The van der Waals surface area contributed by atoms with Gasteiger partial charge in [0.15, 0.2) is 0 Å². The molecule has 238 valence electrons. The fourth-order valence-electron chi connectivity index (χ4n) is 5.43. The molecule has 12 heteroatoms. The number of ether oxygens (including phenoxy) is 2. The molecular formula is C33H40ClN7O4. The van der Waals surface area contributed by atoms with E-state index in [9.17, 15) is 9.59 Å².